The number of ketones is 1. The minimum atomic E-state index is 0.0552. The van der Waals surface area contributed by atoms with Gasteiger partial charge in [0.05, 0.1) is 6.04 Å². The van der Waals surface area contributed by atoms with Gasteiger partial charge >= 0.3 is 0 Å². The van der Waals surface area contributed by atoms with Gasteiger partial charge < -0.3 is 10.6 Å². The van der Waals surface area contributed by atoms with Crippen LogP contribution in [-0.4, -0.2) is 10.9 Å². The number of carbonyl (C=O) groups is 1. The van der Waals surface area contributed by atoms with Crippen LogP contribution in [0, 0.1) is 0 Å². The van der Waals surface area contributed by atoms with Crippen molar-refractivity contribution in [1.29, 1.82) is 0 Å². The minimum absolute atomic E-state index is 0.0552. The van der Waals surface area contributed by atoms with Crippen molar-refractivity contribution in [2.24, 2.45) is 0 Å². The van der Waals surface area contributed by atoms with Crippen LogP contribution in [0.15, 0.2) is 48.5 Å². The third kappa shape index (κ3) is 5.40. The summed E-state index contributed by atoms with van der Waals surface area (Å²) >= 11 is 5.39. The van der Waals surface area contributed by atoms with Crippen molar-refractivity contribution in [3.8, 4) is 0 Å². The van der Waals surface area contributed by atoms with Crippen LogP contribution < -0.4 is 10.6 Å². The summed E-state index contributed by atoms with van der Waals surface area (Å²) in [6.45, 7) is 10.3. The highest BCUT2D eigenvalue weighted by Crippen LogP contribution is 2.24. The first-order valence-corrected chi connectivity index (χ1v) is 8.86. The van der Waals surface area contributed by atoms with Crippen LogP contribution >= 0.6 is 12.2 Å². The molecule has 0 heterocycles. The molecule has 0 aliphatic rings. The van der Waals surface area contributed by atoms with E-state index >= 15 is 0 Å². The van der Waals surface area contributed by atoms with E-state index in [4.69, 9.17) is 12.2 Å². The van der Waals surface area contributed by atoms with E-state index in [9.17, 15) is 4.79 Å². The van der Waals surface area contributed by atoms with E-state index in [0.29, 0.717) is 10.7 Å². The van der Waals surface area contributed by atoms with Gasteiger partial charge in [0, 0.05) is 11.3 Å². The lowest BCUT2D eigenvalue weighted by Gasteiger charge is -2.21. The molecule has 25 heavy (non-hydrogen) atoms. The van der Waals surface area contributed by atoms with Crippen molar-refractivity contribution < 1.29 is 4.79 Å². The summed E-state index contributed by atoms with van der Waals surface area (Å²) in [5.41, 5.74) is 4.20. The monoisotopic (exact) mass is 354 g/mol. The van der Waals surface area contributed by atoms with Gasteiger partial charge in [0.1, 0.15) is 0 Å². The molecule has 2 aromatic rings. The fourth-order valence-corrected chi connectivity index (χ4v) is 2.80. The molecule has 0 bridgehead atoms. The first kappa shape index (κ1) is 19.1. The van der Waals surface area contributed by atoms with E-state index in [1.807, 2.05) is 12.1 Å². The molecule has 1 atom stereocenters. The van der Waals surface area contributed by atoms with E-state index in [1.165, 1.54) is 11.1 Å². The fourth-order valence-electron chi connectivity index (χ4n) is 2.51. The van der Waals surface area contributed by atoms with E-state index in [2.05, 4.69) is 62.6 Å². The second kappa shape index (κ2) is 7.79. The molecule has 0 aromatic heterocycles. The largest absolute Gasteiger partial charge is 0.356 e. The maximum absolute atomic E-state index is 11.3. The fraction of sp³-hybridized carbons (Fsp3) is 0.333. The van der Waals surface area contributed by atoms with Crippen molar-refractivity contribution in [3.63, 3.8) is 0 Å². The number of thiocarbonyl (C=S) groups is 1. The van der Waals surface area contributed by atoms with Crippen LogP contribution in [0.1, 0.15) is 62.1 Å². The van der Waals surface area contributed by atoms with Gasteiger partial charge in [-0.2, -0.15) is 0 Å². The Morgan fingerprint density at radius 3 is 2.04 bits per heavy atom. The summed E-state index contributed by atoms with van der Waals surface area (Å²) < 4.78 is 0. The zero-order chi connectivity index (χ0) is 18.6. The molecule has 0 spiro atoms. The van der Waals surface area contributed by atoms with Gasteiger partial charge in [0.2, 0.25) is 0 Å². The molecule has 0 saturated heterocycles. The number of carbonyl (C=O) groups excluding carboxylic acids is 1. The molecule has 4 heteroatoms. The Morgan fingerprint density at radius 1 is 1.00 bits per heavy atom. The first-order valence-electron chi connectivity index (χ1n) is 8.46. The number of Topliss-reactive ketones (excluding diaryl/α,β-unsaturated/α-hetero) is 1. The summed E-state index contributed by atoms with van der Waals surface area (Å²) in [6, 6.07) is 16.0. The number of nitrogens with one attached hydrogen (secondary N) is 2. The van der Waals surface area contributed by atoms with E-state index < -0.39 is 0 Å². The van der Waals surface area contributed by atoms with Crippen molar-refractivity contribution in [3.05, 3.63) is 65.2 Å². The standard InChI is InChI=1S/C21H26N2OS/c1-14(16-6-10-18(11-7-16)21(3,4)5)22-20(25)23-19-12-8-17(9-13-19)15(2)24/h6-14H,1-5H3,(H2,22,23,25). The summed E-state index contributed by atoms with van der Waals surface area (Å²) in [5, 5.41) is 7.01. The molecule has 2 N–H and O–H groups in total. The summed E-state index contributed by atoms with van der Waals surface area (Å²) in [4.78, 5) is 11.3. The van der Waals surface area contributed by atoms with Crippen LogP contribution in [0.4, 0.5) is 5.69 Å². The van der Waals surface area contributed by atoms with Crippen molar-refractivity contribution >= 4 is 28.8 Å². The Morgan fingerprint density at radius 2 is 1.56 bits per heavy atom. The van der Waals surface area contributed by atoms with Gasteiger partial charge in [-0.15, -0.1) is 0 Å². The van der Waals surface area contributed by atoms with Crippen LogP contribution in [0.3, 0.4) is 0 Å². The smallest absolute Gasteiger partial charge is 0.171 e. The number of rotatable bonds is 4. The van der Waals surface area contributed by atoms with Gasteiger partial charge in [-0.05, 0) is 66.9 Å². The second-order valence-corrected chi connectivity index (χ2v) is 7.73. The van der Waals surface area contributed by atoms with E-state index in [-0.39, 0.29) is 17.2 Å². The SMILES string of the molecule is CC(=O)c1ccc(NC(=S)NC(C)c2ccc(C(C)(C)C)cc2)cc1. The minimum Gasteiger partial charge on any atom is -0.356 e. The molecular weight excluding hydrogens is 328 g/mol. The lowest BCUT2D eigenvalue weighted by Crippen LogP contribution is -2.30. The summed E-state index contributed by atoms with van der Waals surface area (Å²) in [6.07, 6.45) is 0. The van der Waals surface area contributed by atoms with Crippen LogP contribution in [0.25, 0.3) is 0 Å². The molecule has 132 valence electrons. The molecule has 0 radical (unpaired) electrons. The van der Waals surface area contributed by atoms with E-state index in [1.54, 1.807) is 19.1 Å². The topological polar surface area (TPSA) is 41.1 Å². The zero-order valence-electron chi connectivity index (χ0n) is 15.5. The van der Waals surface area contributed by atoms with Crippen LogP contribution in [0.5, 0.6) is 0 Å². The zero-order valence-corrected chi connectivity index (χ0v) is 16.3. The maximum Gasteiger partial charge on any atom is 0.171 e. The maximum atomic E-state index is 11.3. The molecule has 3 nitrogen and oxygen atoms in total. The Hall–Kier alpha value is -2.20. The molecule has 0 aliphatic heterocycles. The first-order chi connectivity index (χ1) is 11.7. The second-order valence-electron chi connectivity index (χ2n) is 7.33. The average Bonchev–Trinajstić information content (AvgIpc) is 2.54. The molecular formula is C21H26N2OS. The number of hydrogen-bond acceptors (Lipinski definition) is 2. The molecule has 2 aromatic carbocycles. The van der Waals surface area contributed by atoms with Gasteiger partial charge in [0.25, 0.3) is 0 Å². The van der Waals surface area contributed by atoms with Gasteiger partial charge in [-0.3, -0.25) is 4.79 Å². The Bertz CT molecular complexity index is 743. The van der Waals surface area contributed by atoms with Crippen LogP contribution in [-0.2, 0) is 5.41 Å². The predicted octanol–water partition coefficient (Wildman–Crippen LogP) is 5.23. The van der Waals surface area contributed by atoms with Crippen molar-refractivity contribution in [2.45, 2.75) is 46.1 Å². The molecule has 1 unspecified atom stereocenters. The molecule has 2 rings (SSSR count). The number of anilines is 1. The molecule has 0 amide bonds. The predicted molar refractivity (Wildman–Crippen MR) is 109 cm³/mol. The highest BCUT2D eigenvalue weighted by atomic mass is 32.1. The van der Waals surface area contributed by atoms with Crippen molar-refractivity contribution in [2.75, 3.05) is 5.32 Å². The normalized spacial score (nSPS) is 12.4. The van der Waals surface area contributed by atoms with Gasteiger partial charge in [-0.1, -0.05) is 45.0 Å². The number of hydrogen-bond donors (Lipinski definition) is 2. The molecule has 0 saturated carbocycles. The third-order valence-corrected chi connectivity index (χ3v) is 4.39. The van der Waals surface area contributed by atoms with Gasteiger partial charge in [-0.25, -0.2) is 0 Å². The Kier molecular flexibility index (Phi) is 5.96. The lowest BCUT2D eigenvalue weighted by atomic mass is 9.86. The van der Waals surface area contributed by atoms with Gasteiger partial charge in [0.15, 0.2) is 10.9 Å². The molecule has 0 fully saturated rings. The molecule has 0 aliphatic carbocycles. The van der Waals surface area contributed by atoms with Crippen LogP contribution in [0.2, 0.25) is 0 Å². The lowest BCUT2D eigenvalue weighted by molar-refractivity contribution is 0.101. The summed E-state index contributed by atoms with van der Waals surface area (Å²) in [7, 11) is 0. The number of benzene rings is 2. The highest BCUT2D eigenvalue weighted by Gasteiger charge is 2.14. The highest BCUT2D eigenvalue weighted by molar-refractivity contribution is 7.80. The van der Waals surface area contributed by atoms with Crippen molar-refractivity contribution in [1.82, 2.24) is 5.32 Å². The average molecular weight is 355 g/mol. The summed E-state index contributed by atoms with van der Waals surface area (Å²) in [5.74, 6) is 0.0552. The Labute approximate surface area is 155 Å². The van der Waals surface area contributed by atoms with E-state index in [0.717, 1.165) is 5.69 Å². The Balaban J connectivity index is 1.96. The third-order valence-electron chi connectivity index (χ3n) is 4.17. The quantitative estimate of drug-likeness (QED) is 0.582.